The molecule has 14 heteroatoms. The molecule has 2 aliphatic heterocycles. The molecule has 46 heavy (non-hydrogen) atoms. The second-order valence-electron chi connectivity index (χ2n) is 11.0. The van der Waals surface area contributed by atoms with E-state index in [0.717, 1.165) is 15.7 Å². The van der Waals surface area contributed by atoms with Gasteiger partial charge in [0.25, 0.3) is 11.8 Å². The Morgan fingerprint density at radius 3 is 2.48 bits per heavy atom. The van der Waals surface area contributed by atoms with Gasteiger partial charge in [-0.1, -0.05) is 36.4 Å². The van der Waals surface area contributed by atoms with Gasteiger partial charge < -0.3 is 19.7 Å². The topological polar surface area (TPSA) is 172 Å². The maximum atomic E-state index is 13.9. The summed E-state index contributed by atoms with van der Waals surface area (Å²) in [5.41, 5.74) is 0.765. The molecule has 0 radical (unpaired) electrons. The quantitative estimate of drug-likeness (QED) is 0.129. The molecule has 3 atom stereocenters. The molecule has 2 aliphatic rings. The van der Waals surface area contributed by atoms with E-state index in [1.54, 1.807) is 24.3 Å². The van der Waals surface area contributed by atoms with Gasteiger partial charge in [-0.3, -0.25) is 19.6 Å². The first-order chi connectivity index (χ1) is 22.0. The second kappa shape index (κ2) is 13.7. The molecule has 1 fully saturated rings. The average molecular weight is 651 g/mol. The van der Waals surface area contributed by atoms with Crippen molar-refractivity contribution in [3.63, 3.8) is 0 Å². The number of amides is 3. The lowest BCUT2D eigenvalue weighted by Gasteiger charge is -2.33. The minimum atomic E-state index is -3.97. The Balaban J connectivity index is 1.38. The van der Waals surface area contributed by atoms with Gasteiger partial charge in [0.05, 0.1) is 18.6 Å². The number of fused-ring (bicyclic) bond motifs is 1. The highest BCUT2D eigenvalue weighted by Gasteiger charge is 2.41. The van der Waals surface area contributed by atoms with E-state index in [-0.39, 0.29) is 42.5 Å². The normalized spacial score (nSPS) is 19.2. The summed E-state index contributed by atoms with van der Waals surface area (Å²) < 4.78 is 38.5. The Hall–Kier alpha value is -4.79. The highest BCUT2D eigenvalue weighted by atomic mass is 32.2. The Morgan fingerprint density at radius 2 is 1.80 bits per heavy atom. The van der Waals surface area contributed by atoms with E-state index < -0.39 is 51.8 Å². The second-order valence-corrected chi connectivity index (χ2v) is 12.7. The van der Waals surface area contributed by atoms with Crippen LogP contribution in [0.5, 0.6) is 5.75 Å². The number of esters is 1. The zero-order chi connectivity index (χ0) is 33.0. The molecule has 0 unspecified atom stereocenters. The molecule has 242 valence electrons. The fraction of sp³-hybridized carbons (Fsp3) is 0.312. The molecule has 3 aromatic rings. The van der Waals surface area contributed by atoms with Crippen LogP contribution in [0.4, 0.5) is 0 Å². The standard InChI is InChI=1S/C32H34N4O9S/c1-20(30(38)36(41)28-15-16-45-32(28)40)35-19-21(18-33-46(42,43)26-12-10-25(44-2)11-13-26)7-14-27(31(35)39)34-29(37)24-9-8-22-5-3-4-6-23(22)17-24/h3-13,17,20,27-28,33,41H,14-16,18-19H2,1-2H3,(H,34,37)/t20-,27-,28-/m1/s1. The molecule has 13 nitrogen and oxygen atoms in total. The van der Waals surface area contributed by atoms with E-state index in [2.05, 4.69) is 10.0 Å². The van der Waals surface area contributed by atoms with Crippen LogP contribution in [0.15, 0.2) is 83.3 Å². The van der Waals surface area contributed by atoms with Gasteiger partial charge in [0.15, 0.2) is 6.04 Å². The van der Waals surface area contributed by atoms with E-state index in [1.807, 2.05) is 24.3 Å². The van der Waals surface area contributed by atoms with Gasteiger partial charge in [-0.15, -0.1) is 0 Å². The van der Waals surface area contributed by atoms with Crippen LogP contribution in [0, 0.1) is 0 Å². The molecular formula is C32H34N4O9S. The molecule has 0 bridgehead atoms. The number of benzene rings is 3. The average Bonchev–Trinajstić information content (AvgIpc) is 3.44. The van der Waals surface area contributed by atoms with Gasteiger partial charge >= 0.3 is 5.97 Å². The van der Waals surface area contributed by atoms with E-state index >= 15 is 0 Å². The lowest BCUT2D eigenvalue weighted by atomic mass is 10.1. The number of methoxy groups -OCH3 is 1. The number of hydroxylamine groups is 2. The lowest BCUT2D eigenvalue weighted by molar-refractivity contribution is -0.186. The number of ether oxygens (including phenoxy) is 2. The van der Waals surface area contributed by atoms with E-state index in [1.165, 1.54) is 38.3 Å². The molecule has 3 N–H and O–H groups in total. The maximum absolute atomic E-state index is 13.9. The van der Waals surface area contributed by atoms with Crippen LogP contribution in [-0.2, 0) is 29.1 Å². The largest absolute Gasteiger partial charge is 0.497 e. The third-order valence-electron chi connectivity index (χ3n) is 8.03. The van der Waals surface area contributed by atoms with Crippen LogP contribution >= 0.6 is 0 Å². The monoisotopic (exact) mass is 650 g/mol. The molecule has 2 heterocycles. The first-order valence-electron chi connectivity index (χ1n) is 14.6. The number of cyclic esters (lactones) is 1. The molecule has 5 rings (SSSR count). The summed E-state index contributed by atoms with van der Waals surface area (Å²) in [4.78, 5) is 53.7. The zero-order valence-electron chi connectivity index (χ0n) is 25.2. The molecule has 0 aliphatic carbocycles. The number of carbonyl (C=O) groups is 4. The van der Waals surface area contributed by atoms with Crippen LogP contribution < -0.4 is 14.8 Å². The summed E-state index contributed by atoms with van der Waals surface area (Å²) in [5, 5.41) is 15.4. The third-order valence-corrected chi connectivity index (χ3v) is 9.44. The molecule has 3 aromatic carbocycles. The number of nitrogens with one attached hydrogen (secondary N) is 2. The van der Waals surface area contributed by atoms with Crippen LogP contribution in [-0.4, -0.2) is 92.2 Å². The third kappa shape index (κ3) is 7.03. The van der Waals surface area contributed by atoms with Gasteiger partial charge in [-0.25, -0.2) is 23.0 Å². The van der Waals surface area contributed by atoms with Crippen LogP contribution in [0.3, 0.4) is 0 Å². The Bertz CT molecular complexity index is 1790. The van der Waals surface area contributed by atoms with Crippen molar-refractivity contribution in [2.24, 2.45) is 0 Å². The summed E-state index contributed by atoms with van der Waals surface area (Å²) in [6.45, 7) is 1.02. The minimum absolute atomic E-state index is 0.00102. The van der Waals surface area contributed by atoms with Crippen LogP contribution in [0.1, 0.15) is 30.1 Å². The number of carbonyl (C=O) groups excluding carboxylic acids is 4. The molecule has 3 amide bonds. The first-order valence-corrected chi connectivity index (χ1v) is 16.1. The van der Waals surface area contributed by atoms with Crippen molar-refractivity contribution in [2.75, 3.05) is 26.8 Å². The van der Waals surface area contributed by atoms with Crippen molar-refractivity contribution < 1.29 is 42.3 Å². The SMILES string of the molecule is COc1ccc(S(=O)(=O)NCC2=CC[C@@H](NC(=O)c3ccc4ccccc4c3)C(=O)N([C@H](C)C(=O)N(O)[C@@H]3CCOC3=O)C2)cc1. The van der Waals surface area contributed by atoms with E-state index in [0.29, 0.717) is 16.9 Å². The summed E-state index contributed by atoms with van der Waals surface area (Å²) in [6, 6.07) is 14.8. The Morgan fingerprint density at radius 1 is 1.09 bits per heavy atom. The van der Waals surface area contributed by atoms with Crippen LogP contribution in [0.25, 0.3) is 10.8 Å². The van der Waals surface area contributed by atoms with Gasteiger partial charge in [0.1, 0.15) is 17.8 Å². The predicted octanol–water partition coefficient (Wildman–Crippen LogP) is 2.01. The van der Waals surface area contributed by atoms with Gasteiger partial charge in [0, 0.05) is 25.1 Å². The molecule has 1 saturated heterocycles. The van der Waals surface area contributed by atoms with Gasteiger partial charge in [0.2, 0.25) is 15.9 Å². The first kappa shape index (κ1) is 32.6. The number of sulfonamides is 1. The minimum Gasteiger partial charge on any atom is -0.497 e. The van der Waals surface area contributed by atoms with E-state index in [9.17, 15) is 32.8 Å². The predicted molar refractivity (Wildman–Crippen MR) is 165 cm³/mol. The lowest BCUT2D eigenvalue weighted by Crippen LogP contribution is -2.56. The summed E-state index contributed by atoms with van der Waals surface area (Å²) in [7, 11) is -2.50. The fourth-order valence-corrected chi connectivity index (χ4v) is 6.34. The Labute approximate surface area is 265 Å². The molecule has 0 aromatic heterocycles. The van der Waals surface area contributed by atoms with Crippen molar-refractivity contribution in [1.82, 2.24) is 20.0 Å². The van der Waals surface area contributed by atoms with Crippen molar-refractivity contribution in [1.29, 1.82) is 0 Å². The number of hydrogen-bond donors (Lipinski definition) is 3. The van der Waals surface area contributed by atoms with Crippen molar-refractivity contribution >= 4 is 44.5 Å². The molecule has 0 spiro atoms. The fourth-order valence-electron chi connectivity index (χ4n) is 5.31. The summed E-state index contributed by atoms with van der Waals surface area (Å²) in [5.74, 6) is -2.35. The van der Waals surface area contributed by atoms with Gasteiger partial charge in [-0.2, -0.15) is 0 Å². The van der Waals surface area contributed by atoms with Crippen molar-refractivity contribution in [3.8, 4) is 5.75 Å². The van der Waals surface area contributed by atoms with E-state index in [4.69, 9.17) is 9.47 Å². The number of hydrogen-bond acceptors (Lipinski definition) is 9. The smallest absolute Gasteiger partial charge is 0.331 e. The van der Waals surface area contributed by atoms with Gasteiger partial charge in [-0.05, 0) is 66.1 Å². The van der Waals surface area contributed by atoms with Crippen molar-refractivity contribution in [2.45, 2.75) is 42.8 Å². The summed E-state index contributed by atoms with van der Waals surface area (Å²) in [6.07, 6.45) is 1.74. The molecule has 0 saturated carbocycles. The number of rotatable bonds is 10. The zero-order valence-corrected chi connectivity index (χ0v) is 26.0. The number of nitrogens with zero attached hydrogens (tertiary/aromatic N) is 2. The maximum Gasteiger partial charge on any atom is 0.331 e. The van der Waals surface area contributed by atoms with Crippen LogP contribution in [0.2, 0.25) is 0 Å². The highest BCUT2D eigenvalue weighted by molar-refractivity contribution is 7.89. The highest BCUT2D eigenvalue weighted by Crippen LogP contribution is 2.22. The Kier molecular flexibility index (Phi) is 9.70. The van der Waals surface area contributed by atoms with Crippen molar-refractivity contribution in [3.05, 3.63) is 83.9 Å². The molecular weight excluding hydrogens is 616 g/mol. The summed E-state index contributed by atoms with van der Waals surface area (Å²) >= 11 is 0.